The molecule has 2 heterocycles. The zero-order valence-corrected chi connectivity index (χ0v) is 17.1. The summed E-state index contributed by atoms with van der Waals surface area (Å²) in [6, 6.07) is 7.00. The number of esters is 1. The van der Waals surface area contributed by atoms with Gasteiger partial charge in [-0.3, -0.25) is 4.79 Å². The summed E-state index contributed by atoms with van der Waals surface area (Å²) in [5, 5.41) is 7.45. The first-order valence-corrected chi connectivity index (χ1v) is 10.8. The fraction of sp³-hybridized carbons (Fsp3) is 0.526. The fourth-order valence-electron chi connectivity index (χ4n) is 3.15. The van der Waals surface area contributed by atoms with Crippen LogP contribution in [-0.2, 0) is 26.2 Å². The van der Waals surface area contributed by atoms with Crippen LogP contribution in [0.2, 0.25) is 0 Å². The Hall–Kier alpha value is -2.26. The number of rotatable bonds is 6. The molecule has 8 nitrogen and oxygen atoms in total. The molecule has 152 valence electrons. The van der Waals surface area contributed by atoms with E-state index in [1.807, 2.05) is 12.1 Å². The fourth-order valence-corrected chi connectivity index (χ4v) is 4.62. The normalized spacial score (nSPS) is 16.4. The molecule has 1 aliphatic heterocycles. The van der Waals surface area contributed by atoms with Gasteiger partial charge >= 0.3 is 5.97 Å². The van der Waals surface area contributed by atoms with Gasteiger partial charge in [-0.25, -0.2) is 8.42 Å². The lowest BCUT2D eigenvalue weighted by molar-refractivity contribution is -0.151. The van der Waals surface area contributed by atoms with E-state index in [0.29, 0.717) is 24.7 Å². The number of aryl methyl sites for hydroxylation is 1. The Morgan fingerprint density at radius 2 is 1.86 bits per heavy atom. The maximum atomic E-state index is 12.8. The predicted octanol–water partition coefficient (Wildman–Crippen LogP) is 2.65. The lowest BCUT2D eigenvalue weighted by Crippen LogP contribution is -2.40. The molecule has 1 aromatic heterocycles. The van der Waals surface area contributed by atoms with E-state index in [-0.39, 0.29) is 42.4 Å². The van der Waals surface area contributed by atoms with Crippen molar-refractivity contribution in [2.45, 2.75) is 51.0 Å². The summed E-state index contributed by atoms with van der Waals surface area (Å²) in [5.41, 5.74) is 1.09. The molecule has 0 saturated carbocycles. The number of aromatic nitrogens is 2. The van der Waals surface area contributed by atoms with Gasteiger partial charge in [-0.15, -0.1) is 10.2 Å². The molecule has 28 heavy (non-hydrogen) atoms. The van der Waals surface area contributed by atoms with E-state index in [2.05, 4.69) is 24.0 Å². The van der Waals surface area contributed by atoms with Gasteiger partial charge in [-0.1, -0.05) is 26.0 Å². The van der Waals surface area contributed by atoms with Crippen molar-refractivity contribution in [2.75, 3.05) is 13.1 Å². The topological polar surface area (TPSA) is 103 Å². The van der Waals surface area contributed by atoms with E-state index in [4.69, 9.17) is 9.15 Å². The SMILES string of the molecule is Cc1nnc(COC(=O)C2CCN(S(=O)(=O)c3ccc(C(C)C)cc3)CC2)o1. The number of carbonyl (C=O) groups excluding carboxylic acids is 1. The standard InChI is InChI=1S/C19H25N3O5S/c1-13(2)15-4-6-17(7-5-15)28(24,25)22-10-8-16(9-11-22)19(23)26-12-18-21-20-14(3)27-18/h4-7,13,16H,8-12H2,1-3H3. The molecule has 0 atom stereocenters. The van der Waals surface area contributed by atoms with Crippen molar-refractivity contribution >= 4 is 16.0 Å². The molecule has 2 aromatic rings. The van der Waals surface area contributed by atoms with Gasteiger partial charge in [-0.2, -0.15) is 4.31 Å². The van der Waals surface area contributed by atoms with Crippen LogP contribution in [0, 0.1) is 12.8 Å². The molecule has 1 fully saturated rings. The van der Waals surface area contributed by atoms with Crippen LogP contribution >= 0.6 is 0 Å². The van der Waals surface area contributed by atoms with E-state index < -0.39 is 10.0 Å². The molecule has 9 heteroatoms. The quantitative estimate of drug-likeness (QED) is 0.678. The minimum atomic E-state index is -3.56. The second kappa shape index (κ2) is 8.40. The van der Waals surface area contributed by atoms with E-state index in [0.717, 1.165) is 5.56 Å². The Balaban J connectivity index is 1.55. The highest BCUT2D eigenvalue weighted by Crippen LogP contribution is 2.26. The van der Waals surface area contributed by atoms with Crippen LogP contribution in [0.5, 0.6) is 0 Å². The Labute approximate surface area is 164 Å². The van der Waals surface area contributed by atoms with Gasteiger partial charge in [0, 0.05) is 20.0 Å². The average molecular weight is 407 g/mol. The van der Waals surface area contributed by atoms with Crippen molar-refractivity contribution in [3.05, 3.63) is 41.6 Å². The minimum Gasteiger partial charge on any atom is -0.455 e. The molecule has 3 rings (SSSR count). The molecule has 0 amide bonds. The predicted molar refractivity (Wildman–Crippen MR) is 101 cm³/mol. The highest BCUT2D eigenvalue weighted by molar-refractivity contribution is 7.89. The summed E-state index contributed by atoms with van der Waals surface area (Å²) in [6.45, 7) is 6.28. The molecule has 0 radical (unpaired) electrons. The molecular formula is C19H25N3O5S. The number of benzene rings is 1. The van der Waals surface area contributed by atoms with E-state index in [9.17, 15) is 13.2 Å². The molecule has 1 aliphatic rings. The monoisotopic (exact) mass is 407 g/mol. The van der Waals surface area contributed by atoms with Gasteiger partial charge < -0.3 is 9.15 Å². The smallest absolute Gasteiger partial charge is 0.309 e. The third-order valence-electron chi connectivity index (χ3n) is 4.88. The zero-order valence-electron chi connectivity index (χ0n) is 16.3. The summed E-state index contributed by atoms with van der Waals surface area (Å²) in [5.74, 6) is 0.296. The van der Waals surface area contributed by atoms with Crippen LogP contribution in [0.25, 0.3) is 0 Å². The van der Waals surface area contributed by atoms with Crippen molar-refractivity contribution in [1.29, 1.82) is 0 Å². The Morgan fingerprint density at radius 3 is 2.39 bits per heavy atom. The summed E-state index contributed by atoms with van der Waals surface area (Å²) < 4.78 is 37.5. The maximum absolute atomic E-state index is 12.8. The van der Waals surface area contributed by atoms with Gasteiger partial charge in [0.1, 0.15) is 0 Å². The van der Waals surface area contributed by atoms with Gasteiger partial charge in [0.05, 0.1) is 10.8 Å². The molecule has 0 aliphatic carbocycles. The number of hydrogen-bond acceptors (Lipinski definition) is 7. The number of carbonyl (C=O) groups is 1. The summed E-state index contributed by atoms with van der Waals surface area (Å²) in [6.07, 6.45) is 0.843. The largest absolute Gasteiger partial charge is 0.455 e. The maximum Gasteiger partial charge on any atom is 0.309 e. The molecule has 0 spiro atoms. The van der Waals surface area contributed by atoms with Crippen LogP contribution in [0.15, 0.2) is 33.6 Å². The highest BCUT2D eigenvalue weighted by atomic mass is 32.2. The Kier molecular flexibility index (Phi) is 6.14. The van der Waals surface area contributed by atoms with Crippen LogP contribution < -0.4 is 0 Å². The molecule has 0 bridgehead atoms. The third kappa shape index (κ3) is 4.59. The van der Waals surface area contributed by atoms with E-state index in [1.54, 1.807) is 19.1 Å². The van der Waals surface area contributed by atoms with Crippen molar-refractivity contribution in [2.24, 2.45) is 5.92 Å². The van der Waals surface area contributed by atoms with Crippen molar-refractivity contribution in [1.82, 2.24) is 14.5 Å². The second-order valence-electron chi connectivity index (χ2n) is 7.22. The van der Waals surface area contributed by atoms with Crippen LogP contribution in [0.3, 0.4) is 0 Å². The molecular weight excluding hydrogens is 382 g/mol. The Morgan fingerprint density at radius 1 is 1.21 bits per heavy atom. The van der Waals surface area contributed by atoms with E-state index in [1.165, 1.54) is 4.31 Å². The molecule has 1 saturated heterocycles. The van der Waals surface area contributed by atoms with Crippen LogP contribution in [-0.4, -0.2) is 42.0 Å². The third-order valence-corrected chi connectivity index (χ3v) is 6.79. The Bertz CT molecular complexity index is 913. The summed E-state index contributed by atoms with van der Waals surface area (Å²) in [7, 11) is -3.56. The first kappa shape index (κ1) is 20.5. The van der Waals surface area contributed by atoms with Gasteiger partial charge in [0.25, 0.3) is 5.89 Å². The van der Waals surface area contributed by atoms with Gasteiger partial charge in [-0.05, 0) is 36.5 Å². The van der Waals surface area contributed by atoms with Gasteiger partial charge in [0.15, 0.2) is 6.61 Å². The zero-order chi connectivity index (χ0) is 20.3. The summed E-state index contributed by atoms with van der Waals surface area (Å²) >= 11 is 0. The second-order valence-corrected chi connectivity index (χ2v) is 9.16. The average Bonchev–Trinajstić information content (AvgIpc) is 3.11. The van der Waals surface area contributed by atoms with Crippen LogP contribution in [0.1, 0.15) is 50.0 Å². The molecule has 0 N–H and O–H groups in total. The number of hydrogen-bond donors (Lipinski definition) is 0. The number of nitrogens with zero attached hydrogens (tertiary/aromatic N) is 3. The first-order chi connectivity index (χ1) is 13.3. The number of ether oxygens (including phenoxy) is 1. The number of sulfonamides is 1. The van der Waals surface area contributed by atoms with Crippen molar-refractivity contribution < 1.29 is 22.4 Å². The molecule has 1 aromatic carbocycles. The lowest BCUT2D eigenvalue weighted by Gasteiger charge is -2.30. The number of piperidine rings is 1. The van der Waals surface area contributed by atoms with Crippen molar-refractivity contribution in [3.8, 4) is 0 Å². The summed E-state index contributed by atoms with van der Waals surface area (Å²) in [4.78, 5) is 12.5. The highest BCUT2D eigenvalue weighted by Gasteiger charge is 2.33. The van der Waals surface area contributed by atoms with Gasteiger partial charge in [0.2, 0.25) is 15.9 Å². The lowest BCUT2D eigenvalue weighted by atomic mass is 9.98. The van der Waals surface area contributed by atoms with Crippen LogP contribution in [0.4, 0.5) is 0 Å². The molecule has 0 unspecified atom stereocenters. The first-order valence-electron chi connectivity index (χ1n) is 9.33. The minimum absolute atomic E-state index is 0.0691. The van der Waals surface area contributed by atoms with Crippen molar-refractivity contribution in [3.63, 3.8) is 0 Å². The van der Waals surface area contributed by atoms with E-state index >= 15 is 0 Å².